The quantitative estimate of drug-likeness (QED) is 0.674. The van der Waals surface area contributed by atoms with Gasteiger partial charge in [0, 0.05) is 18.5 Å². The second-order valence-corrected chi connectivity index (χ2v) is 6.89. The molecule has 3 nitrogen and oxygen atoms in total. The van der Waals surface area contributed by atoms with E-state index >= 15 is 0 Å². The average molecular weight is 266 g/mol. The standard InChI is InChI=1S/C16H30N2O/c1-11(4-3-5-12(2)17)16(19)18-10-15(13-6-7-13)14-8-9-14/h11-15H,3-10,17H2,1-2H3,(H,18,19). The van der Waals surface area contributed by atoms with Crippen molar-refractivity contribution < 1.29 is 4.79 Å². The Morgan fingerprint density at radius 2 is 1.74 bits per heavy atom. The Morgan fingerprint density at radius 3 is 2.21 bits per heavy atom. The van der Waals surface area contributed by atoms with E-state index in [0.29, 0.717) is 0 Å². The van der Waals surface area contributed by atoms with Crippen LogP contribution in [0.1, 0.15) is 58.8 Å². The summed E-state index contributed by atoms with van der Waals surface area (Å²) in [5.41, 5.74) is 5.73. The maximum absolute atomic E-state index is 12.1. The van der Waals surface area contributed by atoms with Crippen molar-refractivity contribution in [3.8, 4) is 0 Å². The molecule has 3 heteroatoms. The molecule has 0 heterocycles. The summed E-state index contributed by atoms with van der Waals surface area (Å²) in [6.45, 7) is 4.99. The second-order valence-electron chi connectivity index (χ2n) is 6.89. The van der Waals surface area contributed by atoms with E-state index in [4.69, 9.17) is 5.73 Å². The van der Waals surface area contributed by atoms with E-state index in [1.54, 1.807) is 0 Å². The zero-order chi connectivity index (χ0) is 13.8. The molecule has 0 spiro atoms. The Hall–Kier alpha value is -0.570. The molecule has 0 aromatic rings. The van der Waals surface area contributed by atoms with Crippen LogP contribution >= 0.6 is 0 Å². The summed E-state index contributed by atoms with van der Waals surface area (Å²) >= 11 is 0. The molecule has 0 aromatic carbocycles. The first-order valence-corrected chi connectivity index (χ1v) is 8.11. The van der Waals surface area contributed by atoms with E-state index in [0.717, 1.165) is 43.6 Å². The molecule has 1 amide bonds. The highest BCUT2D eigenvalue weighted by Gasteiger charge is 2.41. The van der Waals surface area contributed by atoms with Gasteiger partial charge in [-0.25, -0.2) is 0 Å². The van der Waals surface area contributed by atoms with Gasteiger partial charge in [0.25, 0.3) is 0 Å². The molecule has 2 rings (SSSR count). The summed E-state index contributed by atoms with van der Waals surface area (Å²) in [4.78, 5) is 12.1. The first kappa shape index (κ1) is 14.8. The Kier molecular flexibility index (Phi) is 5.26. The second kappa shape index (κ2) is 6.74. The molecule has 2 unspecified atom stereocenters. The smallest absolute Gasteiger partial charge is 0.222 e. The minimum atomic E-state index is 0.137. The molecule has 0 aromatic heterocycles. The van der Waals surface area contributed by atoms with Gasteiger partial charge in [-0.1, -0.05) is 13.3 Å². The van der Waals surface area contributed by atoms with Crippen LogP contribution in [0.2, 0.25) is 0 Å². The van der Waals surface area contributed by atoms with Crippen LogP contribution in [0.25, 0.3) is 0 Å². The maximum atomic E-state index is 12.1. The van der Waals surface area contributed by atoms with Crippen molar-refractivity contribution in [1.29, 1.82) is 0 Å². The molecule has 0 bridgehead atoms. The van der Waals surface area contributed by atoms with Crippen LogP contribution in [0.15, 0.2) is 0 Å². The number of carbonyl (C=O) groups is 1. The van der Waals surface area contributed by atoms with Crippen molar-refractivity contribution in [2.45, 2.75) is 64.8 Å². The number of amides is 1. The largest absolute Gasteiger partial charge is 0.356 e. The van der Waals surface area contributed by atoms with Gasteiger partial charge < -0.3 is 11.1 Å². The molecule has 110 valence electrons. The van der Waals surface area contributed by atoms with Gasteiger partial charge in [0.15, 0.2) is 0 Å². The Balaban J connectivity index is 1.62. The van der Waals surface area contributed by atoms with Crippen LogP contribution in [0.5, 0.6) is 0 Å². The highest BCUT2D eigenvalue weighted by atomic mass is 16.1. The predicted molar refractivity (Wildman–Crippen MR) is 78.6 cm³/mol. The molecular weight excluding hydrogens is 236 g/mol. The number of hydrogen-bond acceptors (Lipinski definition) is 2. The van der Waals surface area contributed by atoms with Gasteiger partial charge in [0.05, 0.1) is 0 Å². The SMILES string of the molecule is CC(N)CCCC(C)C(=O)NCC(C1CC1)C1CC1. The number of hydrogen-bond donors (Lipinski definition) is 2. The van der Waals surface area contributed by atoms with E-state index in [-0.39, 0.29) is 17.9 Å². The number of nitrogens with one attached hydrogen (secondary N) is 1. The topological polar surface area (TPSA) is 55.1 Å². The summed E-state index contributed by atoms with van der Waals surface area (Å²) in [5.74, 6) is 3.00. The fourth-order valence-electron chi connectivity index (χ4n) is 3.04. The molecule has 19 heavy (non-hydrogen) atoms. The third-order valence-corrected chi connectivity index (χ3v) is 4.71. The zero-order valence-electron chi connectivity index (χ0n) is 12.5. The highest BCUT2D eigenvalue weighted by Crippen LogP contribution is 2.48. The number of rotatable bonds is 9. The van der Waals surface area contributed by atoms with E-state index in [1.807, 2.05) is 13.8 Å². The third kappa shape index (κ3) is 5.13. The monoisotopic (exact) mass is 266 g/mol. The molecule has 2 aliphatic rings. The van der Waals surface area contributed by atoms with Crippen LogP contribution in [0.4, 0.5) is 0 Å². The minimum absolute atomic E-state index is 0.137. The molecule has 0 radical (unpaired) electrons. The summed E-state index contributed by atoms with van der Waals surface area (Å²) < 4.78 is 0. The first-order valence-electron chi connectivity index (χ1n) is 8.11. The average Bonchev–Trinajstić information content (AvgIpc) is 3.22. The van der Waals surface area contributed by atoms with Gasteiger partial charge in [-0.3, -0.25) is 4.79 Å². The van der Waals surface area contributed by atoms with E-state index in [2.05, 4.69) is 5.32 Å². The number of carbonyl (C=O) groups excluding carboxylic acids is 1. The lowest BCUT2D eigenvalue weighted by Gasteiger charge is -2.18. The van der Waals surface area contributed by atoms with E-state index in [1.165, 1.54) is 25.7 Å². The van der Waals surface area contributed by atoms with Crippen LogP contribution in [0.3, 0.4) is 0 Å². The van der Waals surface area contributed by atoms with Crippen LogP contribution in [-0.4, -0.2) is 18.5 Å². The van der Waals surface area contributed by atoms with Crippen LogP contribution < -0.4 is 11.1 Å². The lowest BCUT2D eigenvalue weighted by molar-refractivity contribution is -0.125. The molecule has 2 atom stereocenters. The summed E-state index contributed by atoms with van der Waals surface area (Å²) in [5, 5.41) is 3.19. The molecule has 2 fully saturated rings. The zero-order valence-corrected chi connectivity index (χ0v) is 12.5. The lowest BCUT2D eigenvalue weighted by atomic mass is 9.97. The molecule has 3 N–H and O–H groups in total. The van der Waals surface area contributed by atoms with Crippen molar-refractivity contribution in [3.63, 3.8) is 0 Å². The first-order chi connectivity index (χ1) is 9.08. The van der Waals surface area contributed by atoms with Gasteiger partial charge in [0.1, 0.15) is 0 Å². The number of nitrogens with two attached hydrogens (primary N) is 1. The van der Waals surface area contributed by atoms with E-state index in [9.17, 15) is 4.79 Å². The fourth-order valence-corrected chi connectivity index (χ4v) is 3.04. The van der Waals surface area contributed by atoms with Crippen molar-refractivity contribution in [2.24, 2.45) is 29.4 Å². The molecule has 0 aliphatic heterocycles. The van der Waals surface area contributed by atoms with Crippen molar-refractivity contribution in [1.82, 2.24) is 5.32 Å². The fraction of sp³-hybridized carbons (Fsp3) is 0.938. The van der Waals surface area contributed by atoms with Gasteiger partial charge in [0.2, 0.25) is 5.91 Å². The van der Waals surface area contributed by atoms with Crippen molar-refractivity contribution >= 4 is 5.91 Å². The van der Waals surface area contributed by atoms with Crippen molar-refractivity contribution in [3.05, 3.63) is 0 Å². The predicted octanol–water partition coefficient (Wildman–Crippen LogP) is 2.69. The molecule has 2 aliphatic carbocycles. The minimum Gasteiger partial charge on any atom is -0.356 e. The molecular formula is C16H30N2O. The maximum Gasteiger partial charge on any atom is 0.222 e. The Labute approximate surface area is 117 Å². The van der Waals surface area contributed by atoms with Gasteiger partial charge >= 0.3 is 0 Å². The molecule has 0 saturated heterocycles. The van der Waals surface area contributed by atoms with Gasteiger partial charge in [-0.15, -0.1) is 0 Å². The third-order valence-electron chi connectivity index (χ3n) is 4.71. The summed E-state index contributed by atoms with van der Waals surface area (Å²) in [6.07, 6.45) is 8.60. The normalized spacial score (nSPS) is 22.3. The Morgan fingerprint density at radius 1 is 1.16 bits per heavy atom. The summed E-state index contributed by atoms with van der Waals surface area (Å²) in [7, 11) is 0. The van der Waals surface area contributed by atoms with Gasteiger partial charge in [-0.05, 0) is 63.2 Å². The van der Waals surface area contributed by atoms with Crippen LogP contribution in [0, 0.1) is 23.7 Å². The Bertz CT molecular complexity index is 283. The lowest BCUT2D eigenvalue weighted by Crippen LogP contribution is -2.34. The van der Waals surface area contributed by atoms with Crippen molar-refractivity contribution in [2.75, 3.05) is 6.54 Å². The highest BCUT2D eigenvalue weighted by molar-refractivity contribution is 5.78. The van der Waals surface area contributed by atoms with Gasteiger partial charge in [-0.2, -0.15) is 0 Å². The summed E-state index contributed by atoms with van der Waals surface area (Å²) in [6, 6.07) is 0.254. The molecule has 2 saturated carbocycles. The van der Waals surface area contributed by atoms with Crippen LogP contribution in [-0.2, 0) is 4.79 Å². The van der Waals surface area contributed by atoms with E-state index < -0.39 is 0 Å².